The Hall–Kier alpha value is -1.76. The number of carbonyl (C=O) groups is 1. The number of rotatable bonds is 1. The average molecular weight is 314 g/mol. The molecule has 2 rings (SSSR count). The second-order valence-electron chi connectivity index (χ2n) is 5.87. The molecule has 0 aromatic carbocycles. The van der Waals surface area contributed by atoms with Crippen molar-refractivity contribution < 1.29 is 9.53 Å². The van der Waals surface area contributed by atoms with Gasteiger partial charge < -0.3 is 20.3 Å². The third-order valence-corrected chi connectivity index (χ3v) is 3.13. The molecule has 116 valence electrons. The molecule has 21 heavy (non-hydrogen) atoms. The molecule has 0 unspecified atom stereocenters. The molecule has 1 aromatic rings. The summed E-state index contributed by atoms with van der Waals surface area (Å²) in [6.07, 6.45) is -0.289. The number of ether oxygens (including phenoxy) is 1. The number of hydrogen-bond donors (Lipinski definition) is 1. The van der Waals surface area contributed by atoms with E-state index in [1.807, 2.05) is 25.7 Å². The molecule has 7 nitrogen and oxygen atoms in total. The van der Waals surface area contributed by atoms with Crippen LogP contribution >= 0.6 is 11.6 Å². The number of nitrogens with two attached hydrogens (primary N) is 1. The summed E-state index contributed by atoms with van der Waals surface area (Å²) in [5.41, 5.74) is 5.18. The maximum absolute atomic E-state index is 12.0. The Balaban J connectivity index is 1.95. The zero-order valence-electron chi connectivity index (χ0n) is 12.5. The molecule has 0 atom stereocenters. The molecule has 0 saturated carbocycles. The summed E-state index contributed by atoms with van der Waals surface area (Å²) in [4.78, 5) is 23.7. The maximum atomic E-state index is 12.0. The third kappa shape index (κ3) is 4.35. The van der Waals surface area contributed by atoms with E-state index in [0.29, 0.717) is 37.8 Å². The van der Waals surface area contributed by atoms with Gasteiger partial charge in [0.05, 0.1) is 0 Å². The predicted molar refractivity (Wildman–Crippen MR) is 81.5 cm³/mol. The minimum absolute atomic E-state index is 0.125. The van der Waals surface area contributed by atoms with Crippen LogP contribution in [0.5, 0.6) is 0 Å². The van der Waals surface area contributed by atoms with E-state index >= 15 is 0 Å². The highest BCUT2D eigenvalue weighted by atomic mass is 35.5. The van der Waals surface area contributed by atoms with Crippen LogP contribution in [0.1, 0.15) is 20.8 Å². The van der Waals surface area contributed by atoms with Crippen molar-refractivity contribution in [3.8, 4) is 0 Å². The molecule has 1 fully saturated rings. The van der Waals surface area contributed by atoms with E-state index in [-0.39, 0.29) is 11.4 Å². The van der Waals surface area contributed by atoms with Crippen LogP contribution < -0.4 is 10.6 Å². The van der Waals surface area contributed by atoms with Gasteiger partial charge in [0.25, 0.3) is 0 Å². The summed E-state index contributed by atoms with van der Waals surface area (Å²) < 4.78 is 5.36. The van der Waals surface area contributed by atoms with Gasteiger partial charge in [-0.3, -0.25) is 0 Å². The fourth-order valence-corrected chi connectivity index (χ4v) is 2.21. The lowest BCUT2D eigenvalue weighted by atomic mass is 10.2. The summed E-state index contributed by atoms with van der Waals surface area (Å²) >= 11 is 5.81. The summed E-state index contributed by atoms with van der Waals surface area (Å²) in [6, 6.07) is 1.68. The van der Waals surface area contributed by atoms with E-state index in [0.717, 1.165) is 0 Å². The Bertz CT molecular complexity index is 504. The van der Waals surface area contributed by atoms with Crippen molar-refractivity contribution in [2.24, 2.45) is 0 Å². The van der Waals surface area contributed by atoms with E-state index in [1.54, 1.807) is 11.0 Å². The molecule has 1 saturated heterocycles. The van der Waals surface area contributed by atoms with Crippen molar-refractivity contribution >= 4 is 29.3 Å². The van der Waals surface area contributed by atoms with Crippen LogP contribution in [-0.2, 0) is 4.74 Å². The van der Waals surface area contributed by atoms with Gasteiger partial charge in [-0.15, -0.1) is 0 Å². The van der Waals surface area contributed by atoms with Crippen LogP contribution in [0, 0.1) is 0 Å². The lowest BCUT2D eigenvalue weighted by Gasteiger charge is -2.36. The molecule has 0 bridgehead atoms. The van der Waals surface area contributed by atoms with Gasteiger partial charge in [0, 0.05) is 32.2 Å². The summed E-state index contributed by atoms with van der Waals surface area (Å²) in [5, 5.41) is 0.125. The lowest BCUT2D eigenvalue weighted by Crippen LogP contribution is -2.50. The van der Waals surface area contributed by atoms with Gasteiger partial charge in [0.2, 0.25) is 5.28 Å². The first kappa shape index (κ1) is 15.6. The van der Waals surface area contributed by atoms with E-state index < -0.39 is 5.60 Å². The summed E-state index contributed by atoms with van der Waals surface area (Å²) in [7, 11) is 0. The summed E-state index contributed by atoms with van der Waals surface area (Å²) in [5.74, 6) is 1.01. The standard InChI is InChI=1S/C13H20ClN5O2/c1-13(2,3)21-12(20)19-6-4-18(5-7-19)10-8-9(15)16-11(14)17-10/h8H,4-7H2,1-3H3,(H2,15,16,17). The van der Waals surface area contributed by atoms with Gasteiger partial charge in [0.1, 0.15) is 17.2 Å². The zero-order valence-corrected chi connectivity index (χ0v) is 13.2. The number of amides is 1. The highest BCUT2D eigenvalue weighted by Gasteiger charge is 2.26. The Morgan fingerprint density at radius 3 is 2.43 bits per heavy atom. The van der Waals surface area contributed by atoms with Gasteiger partial charge in [-0.05, 0) is 32.4 Å². The van der Waals surface area contributed by atoms with Crippen molar-refractivity contribution in [3.63, 3.8) is 0 Å². The molecule has 0 aliphatic carbocycles. The van der Waals surface area contributed by atoms with Crippen molar-refractivity contribution in [3.05, 3.63) is 11.3 Å². The fraction of sp³-hybridized carbons (Fsp3) is 0.615. The number of nitrogens with zero attached hydrogens (tertiary/aromatic N) is 4. The van der Waals surface area contributed by atoms with Crippen molar-refractivity contribution in [1.29, 1.82) is 0 Å². The lowest BCUT2D eigenvalue weighted by molar-refractivity contribution is 0.0240. The largest absolute Gasteiger partial charge is 0.444 e. The van der Waals surface area contributed by atoms with Crippen molar-refractivity contribution in [2.75, 3.05) is 36.8 Å². The fourth-order valence-electron chi connectivity index (χ4n) is 2.03. The topological polar surface area (TPSA) is 84.6 Å². The molecular formula is C13H20ClN5O2. The molecule has 2 heterocycles. The Morgan fingerprint density at radius 1 is 1.29 bits per heavy atom. The van der Waals surface area contributed by atoms with Gasteiger partial charge in [-0.25, -0.2) is 14.8 Å². The number of hydrogen-bond acceptors (Lipinski definition) is 6. The number of nitrogen functional groups attached to an aromatic ring is 1. The van der Waals surface area contributed by atoms with Crippen LogP contribution in [0.4, 0.5) is 16.4 Å². The zero-order chi connectivity index (χ0) is 15.6. The molecule has 0 spiro atoms. The first-order valence-electron chi connectivity index (χ1n) is 6.77. The normalized spacial score (nSPS) is 16.0. The van der Waals surface area contributed by atoms with Gasteiger partial charge >= 0.3 is 6.09 Å². The van der Waals surface area contributed by atoms with Gasteiger partial charge in [0.15, 0.2) is 0 Å². The molecule has 2 N–H and O–H groups in total. The highest BCUT2D eigenvalue weighted by Crippen LogP contribution is 2.19. The Labute approximate surface area is 129 Å². The number of piperazine rings is 1. The minimum atomic E-state index is -0.483. The SMILES string of the molecule is CC(C)(C)OC(=O)N1CCN(c2cc(N)nc(Cl)n2)CC1. The summed E-state index contributed by atoms with van der Waals surface area (Å²) in [6.45, 7) is 7.98. The van der Waals surface area contributed by atoms with Crippen LogP contribution in [0.25, 0.3) is 0 Å². The molecule has 8 heteroatoms. The first-order valence-corrected chi connectivity index (χ1v) is 7.15. The molecule has 1 aliphatic heterocycles. The van der Waals surface area contributed by atoms with Crippen LogP contribution in [-0.4, -0.2) is 52.7 Å². The van der Waals surface area contributed by atoms with Crippen molar-refractivity contribution in [1.82, 2.24) is 14.9 Å². The quantitative estimate of drug-likeness (QED) is 0.795. The first-order chi connectivity index (χ1) is 9.74. The van der Waals surface area contributed by atoms with Crippen LogP contribution in [0.15, 0.2) is 6.07 Å². The number of aromatic nitrogens is 2. The molecule has 1 aliphatic rings. The maximum Gasteiger partial charge on any atom is 0.410 e. The highest BCUT2D eigenvalue weighted by molar-refractivity contribution is 6.28. The predicted octanol–water partition coefficient (Wildman–Crippen LogP) is 1.77. The smallest absolute Gasteiger partial charge is 0.410 e. The van der Waals surface area contributed by atoms with Gasteiger partial charge in [-0.2, -0.15) is 0 Å². The molecule has 1 aromatic heterocycles. The Morgan fingerprint density at radius 2 is 1.90 bits per heavy atom. The number of anilines is 2. The van der Waals surface area contributed by atoms with E-state index in [9.17, 15) is 4.79 Å². The monoisotopic (exact) mass is 313 g/mol. The van der Waals surface area contributed by atoms with Crippen LogP contribution in [0.3, 0.4) is 0 Å². The van der Waals surface area contributed by atoms with Gasteiger partial charge in [-0.1, -0.05) is 0 Å². The molecule has 0 radical (unpaired) electrons. The van der Waals surface area contributed by atoms with Crippen molar-refractivity contribution in [2.45, 2.75) is 26.4 Å². The second kappa shape index (κ2) is 5.93. The second-order valence-corrected chi connectivity index (χ2v) is 6.21. The molecule has 1 amide bonds. The molecular weight excluding hydrogens is 294 g/mol. The minimum Gasteiger partial charge on any atom is -0.444 e. The third-order valence-electron chi connectivity index (χ3n) is 2.96. The number of halogens is 1. The van der Waals surface area contributed by atoms with Crippen LogP contribution in [0.2, 0.25) is 5.28 Å². The van der Waals surface area contributed by atoms with E-state index in [1.165, 1.54) is 0 Å². The average Bonchev–Trinajstić information content (AvgIpc) is 2.35. The van der Waals surface area contributed by atoms with E-state index in [4.69, 9.17) is 22.1 Å². The Kier molecular flexibility index (Phi) is 4.41. The van der Waals surface area contributed by atoms with E-state index in [2.05, 4.69) is 9.97 Å². The number of carbonyl (C=O) groups excluding carboxylic acids is 1.